The molecule has 2 aliphatic carbocycles. The summed E-state index contributed by atoms with van der Waals surface area (Å²) in [5.41, 5.74) is 9.19. The Morgan fingerprint density at radius 1 is 1.28 bits per heavy atom. The summed E-state index contributed by atoms with van der Waals surface area (Å²) in [5.74, 6) is 1.04. The lowest BCUT2D eigenvalue weighted by molar-refractivity contribution is 0.265. The predicted molar refractivity (Wildman–Crippen MR) is 145 cm³/mol. The van der Waals surface area contributed by atoms with Gasteiger partial charge in [-0.05, 0) is 51.1 Å². The molecule has 1 spiro atoms. The van der Waals surface area contributed by atoms with Gasteiger partial charge in [-0.3, -0.25) is 4.21 Å². The molecular weight excluding hydrogens is 539 g/mol. The van der Waals surface area contributed by atoms with Crippen molar-refractivity contribution in [1.29, 1.82) is 5.26 Å². The number of nitrogen functional groups attached to an aromatic ring is 1. The van der Waals surface area contributed by atoms with Crippen molar-refractivity contribution in [3.8, 4) is 17.6 Å². The van der Waals surface area contributed by atoms with Crippen molar-refractivity contribution < 1.29 is 13.1 Å². The molecule has 202 valence electrons. The van der Waals surface area contributed by atoms with E-state index in [1.807, 2.05) is 11.9 Å². The molecular formula is C26H27FN8O2S2. The van der Waals surface area contributed by atoms with E-state index < -0.39 is 28.4 Å². The van der Waals surface area contributed by atoms with Crippen molar-refractivity contribution in [2.24, 2.45) is 0 Å². The van der Waals surface area contributed by atoms with Crippen LogP contribution in [0.1, 0.15) is 59.1 Å². The number of thiophene rings is 1. The third-order valence-electron chi connectivity index (χ3n) is 8.48. The monoisotopic (exact) mass is 566 g/mol. The first kappa shape index (κ1) is 24.8. The van der Waals surface area contributed by atoms with Gasteiger partial charge >= 0.3 is 0 Å². The zero-order chi connectivity index (χ0) is 27.1. The van der Waals surface area contributed by atoms with E-state index in [2.05, 4.69) is 21.3 Å². The first-order valence-electron chi connectivity index (χ1n) is 13.0. The minimum absolute atomic E-state index is 0.291. The van der Waals surface area contributed by atoms with Gasteiger partial charge in [-0.1, -0.05) is 5.16 Å². The van der Waals surface area contributed by atoms with Gasteiger partial charge < -0.3 is 15.2 Å². The van der Waals surface area contributed by atoms with Gasteiger partial charge in [-0.15, -0.1) is 11.3 Å². The van der Waals surface area contributed by atoms with Crippen molar-refractivity contribution in [2.45, 2.75) is 61.2 Å². The van der Waals surface area contributed by atoms with Crippen LogP contribution in [0, 0.1) is 11.3 Å². The number of nitrogens with zero attached hydrogens (tertiary/aromatic N) is 7. The molecule has 0 aromatic carbocycles. The standard InChI is InChI=1S/C26H27FN8O2S2/c1-34-11-16(27)17(12-34)35-24-15(10-30-35)25(39(2)36)32-23(31-24)20-13-5-3-7-26(21(13)37-33-20)8-4-6-18-19(26)14(9-28)22(29)38-18/h10,16-17H,3-8,11-12,29H2,1-2H3/t16-,17+,26-,39?/m0/s1. The van der Waals surface area contributed by atoms with E-state index in [1.165, 1.54) is 11.3 Å². The van der Waals surface area contributed by atoms with Crippen LogP contribution in [0.4, 0.5) is 9.39 Å². The Kier molecular flexibility index (Phi) is 5.66. The van der Waals surface area contributed by atoms with E-state index in [9.17, 15) is 13.9 Å². The van der Waals surface area contributed by atoms with Crippen molar-refractivity contribution >= 4 is 38.2 Å². The highest BCUT2D eigenvalue weighted by Gasteiger charge is 2.49. The highest BCUT2D eigenvalue weighted by atomic mass is 32.2. The number of fused-ring (bicyclic) bond motifs is 5. The lowest BCUT2D eigenvalue weighted by Crippen LogP contribution is -2.35. The Bertz CT molecular complexity index is 1700. The summed E-state index contributed by atoms with van der Waals surface area (Å²) >= 11 is 1.50. The molecule has 0 saturated carbocycles. The van der Waals surface area contributed by atoms with Crippen LogP contribution in [0.15, 0.2) is 15.7 Å². The Balaban J connectivity index is 1.41. The van der Waals surface area contributed by atoms with E-state index in [1.54, 1.807) is 17.1 Å². The Labute approximate surface area is 230 Å². The molecule has 4 atom stereocenters. The number of hydrogen-bond donors (Lipinski definition) is 1. The molecule has 4 aromatic rings. The third kappa shape index (κ3) is 3.54. The summed E-state index contributed by atoms with van der Waals surface area (Å²) < 4.78 is 35.4. The second-order valence-corrected chi connectivity index (χ2v) is 13.2. The highest BCUT2D eigenvalue weighted by molar-refractivity contribution is 7.84. The largest absolute Gasteiger partial charge is 0.389 e. The maximum absolute atomic E-state index is 14.9. The summed E-state index contributed by atoms with van der Waals surface area (Å²) in [4.78, 5) is 12.6. The molecule has 5 heterocycles. The van der Waals surface area contributed by atoms with E-state index >= 15 is 0 Å². The minimum Gasteiger partial charge on any atom is -0.389 e. The molecule has 4 aromatic heterocycles. The number of hydrogen-bond acceptors (Lipinski definition) is 10. The van der Waals surface area contributed by atoms with Crippen LogP contribution in [-0.4, -0.2) is 66.6 Å². The number of nitriles is 1. The molecule has 39 heavy (non-hydrogen) atoms. The maximum atomic E-state index is 14.9. The van der Waals surface area contributed by atoms with E-state index in [0.29, 0.717) is 51.2 Å². The van der Waals surface area contributed by atoms with Crippen LogP contribution in [0.2, 0.25) is 0 Å². The van der Waals surface area contributed by atoms with Gasteiger partial charge in [0, 0.05) is 29.8 Å². The molecule has 0 amide bonds. The fourth-order valence-corrected chi connectivity index (χ4v) is 8.67. The van der Waals surface area contributed by atoms with Crippen LogP contribution in [0.5, 0.6) is 0 Å². The number of aryl methyl sites for hydroxylation is 1. The number of rotatable bonds is 3. The zero-order valence-corrected chi connectivity index (χ0v) is 23.2. The van der Waals surface area contributed by atoms with Gasteiger partial charge in [-0.2, -0.15) is 10.4 Å². The Morgan fingerprint density at radius 3 is 2.79 bits per heavy atom. The van der Waals surface area contributed by atoms with Gasteiger partial charge in [0.05, 0.1) is 39.4 Å². The van der Waals surface area contributed by atoms with Crippen LogP contribution < -0.4 is 5.73 Å². The lowest BCUT2D eigenvalue weighted by Gasteiger charge is -2.39. The SMILES string of the molecule is CN1C[C@@H](n2ncc3c(S(C)=O)nc(-c4noc5c4CCC[C@@]54CCCc5sc(N)c(C#N)c54)nc32)[C@@H](F)C1. The average molecular weight is 567 g/mol. The van der Waals surface area contributed by atoms with Gasteiger partial charge in [0.25, 0.3) is 0 Å². The lowest BCUT2D eigenvalue weighted by atomic mass is 9.63. The normalized spacial score (nSPS) is 25.6. The maximum Gasteiger partial charge on any atom is 0.185 e. The second kappa shape index (κ2) is 8.90. The van der Waals surface area contributed by atoms with E-state index in [0.717, 1.165) is 60.3 Å². The van der Waals surface area contributed by atoms with Crippen LogP contribution >= 0.6 is 11.3 Å². The van der Waals surface area contributed by atoms with Crippen LogP contribution in [-0.2, 0) is 29.1 Å². The molecule has 13 heteroatoms. The fraction of sp³-hybridized carbons (Fsp3) is 0.500. The quantitative estimate of drug-likeness (QED) is 0.369. The molecule has 0 radical (unpaired) electrons. The average Bonchev–Trinajstić information content (AvgIpc) is 3.67. The van der Waals surface area contributed by atoms with Crippen LogP contribution in [0.25, 0.3) is 22.6 Å². The minimum atomic E-state index is -1.44. The summed E-state index contributed by atoms with van der Waals surface area (Å²) in [6.07, 6.45) is 7.18. The predicted octanol–water partition coefficient (Wildman–Crippen LogP) is 3.52. The molecule has 7 rings (SSSR count). The molecule has 1 unspecified atom stereocenters. The Hall–Kier alpha value is -3.21. The molecule has 1 aliphatic heterocycles. The van der Waals surface area contributed by atoms with E-state index in [4.69, 9.17) is 15.2 Å². The first-order chi connectivity index (χ1) is 18.8. The molecule has 1 fully saturated rings. The molecule has 1 saturated heterocycles. The van der Waals surface area contributed by atoms with E-state index in [-0.39, 0.29) is 0 Å². The molecule has 0 bridgehead atoms. The third-order valence-corrected chi connectivity index (χ3v) is 10.4. The number of likely N-dealkylation sites (tertiary alicyclic amines) is 1. The van der Waals surface area contributed by atoms with Gasteiger partial charge in [0.1, 0.15) is 22.3 Å². The molecule has 2 N–H and O–H groups in total. The number of likely N-dealkylation sites (N-methyl/N-ethyl adjacent to an activating group) is 1. The van der Waals surface area contributed by atoms with Gasteiger partial charge in [-0.25, -0.2) is 19.0 Å². The topological polar surface area (TPSA) is 140 Å². The molecule has 3 aliphatic rings. The van der Waals surface area contributed by atoms with Crippen molar-refractivity contribution in [1.82, 2.24) is 29.8 Å². The number of nitrogens with two attached hydrogens (primary N) is 1. The van der Waals surface area contributed by atoms with Crippen LogP contribution in [0.3, 0.4) is 0 Å². The zero-order valence-electron chi connectivity index (χ0n) is 21.6. The molecule has 10 nitrogen and oxygen atoms in total. The number of halogens is 1. The Morgan fingerprint density at radius 2 is 2.08 bits per heavy atom. The second-order valence-electron chi connectivity index (χ2n) is 10.8. The summed E-state index contributed by atoms with van der Waals surface area (Å²) in [6.45, 7) is 0.812. The first-order valence-corrected chi connectivity index (χ1v) is 15.4. The van der Waals surface area contributed by atoms with Crippen molar-refractivity contribution in [2.75, 3.05) is 32.1 Å². The summed E-state index contributed by atoms with van der Waals surface area (Å²) in [6, 6.07) is 1.84. The van der Waals surface area contributed by atoms with Gasteiger partial charge in [0.15, 0.2) is 22.9 Å². The van der Waals surface area contributed by atoms with Crippen molar-refractivity contribution in [3.05, 3.63) is 33.5 Å². The van der Waals surface area contributed by atoms with Gasteiger partial charge in [0.2, 0.25) is 0 Å². The number of aromatic nitrogens is 5. The highest BCUT2D eigenvalue weighted by Crippen LogP contribution is 2.55. The van der Waals surface area contributed by atoms with Crippen molar-refractivity contribution in [3.63, 3.8) is 0 Å². The number of anilines is 1. The number of alkyl halides is 1. The fourth-order valence-electron chi connectivity index (χ4n) is 6.84. The smallest absolute Gasteiger partial charge is 0.185 e. The summed E-state index contributed by atoms with van der Waals surface area (Å²) in [7, 11) is 0.434. The summed E-state index contributed by atoms with van der Waals surface area (Å²) in [5, 5.41) is 20.3.